The van der Waals surface area contributed by atoms with Gasteiger partial charge in [0, 0.05) is 11.6 Å². The van der Waals surface area contributed by atoms with Gasteiger partial charge in [-0.25, -0.2) is 4.98 Å². The normalized spacial score (nSPS) is 10.3. The average Bonchev–Trinajstić information content (AvgIpc) is 2.76. The van der Waals surface area contributed by atoms with Gasteiger partial charge in [0.25, 0.3) is 5.91 Å². The molecule has 0 aliphatic carbocycles. The molecule has 5 nitrogen and oxygen atoms in total. The molecule has 1 aromatic carbocycles. The fraction of sp³-hybridized carbons (Fsp3) is 0.250. The van der Waals surface area contributed by atoms with Crippen molar-refractivity contribution in [2.45, 2.75) is 13.3 Å². The van der Waals surface area contributed by atoms with Crippen molar-refractivity contribution in [2.75, 3.05) is 6.54 Å². The minimum Gasteiger partial charge on any atom is -0.349 e. The van der Waals surface area contributed by atoms with Gasteiger partial charge in [-0.1, -0.05) is 23.7 Å². The van der Waals surface area contributed by atoms with E-state index in [-0.39, 0.29) is 11.7 Å². The molecule has 0 spiro atoms. The van der Waals surface area contributed by atoms with Gasteiger partial charge in [0.1, 0.15) is 5.82 Å². The smallest absolute Gasteiger partial charge is 0.290 e. The van der Waals surface area contributed by atoms with Gasteiger partial charge in [-0.3, -0.25) is 9.89 Å². The van der Waals surface area contributed by atoms with Crippen LogP contribution in [0.1, 0.15) is 22.0 Å². The number of nitrogens with one attached hydrogen (secondary N) is 2. The number of benzene rings is 1. The van der Waals surface area contributed by atoms with Crippen LogP contribution in [0.2, 0.25) is 5.02 Å². The van der Waals surface area contributed by atoms with Crippen LogP contribution >= 0.6 is 11.6 Å². The molecule has 0 unspecified atom stereocenters. The third-order valence-corrected chi connectivity index (χ3v) is 2.62. The lowest BCUT2D eigenvalue weighted by Gasteiger charge is -2.03. The summed E-state index contributed by atoms with van der Waals surface area (Å²) < 4.78 is 0. The number of carbonyl (C=O) groups excluding carboxylic acids is 1. The summed E-state index contributed by atoms with van der Waals surface area (Å²) in [6.45, 7) is 2.27. The maximum Gasteiger partial charge on any atom is 0.290 e. The molecule has 1 aromatic heterocycles. The summed E-state index contributed by atoms with van der Waals surface area (Å²) in [6, 6.07) is 7.55. The fourth-order valence-corrected chi connectivity index (χ4v) is 1.75. The maximum atomic E-state index is 11.6. The standard InChI is InChI=1S/C12H13ClN4O/c1-8-15-11(17-16-8)12(18)14-6-5-9-3-2-4-10(13)7-9/h2-4,7H,5-6H2,1H3,(H,14,18)(H,15,16,17). The van der Waals surface area contributed by atoms with E-state index in [1.54, 1.807) is 6.92 Å². The Kier molecular flexibility index (Phi) is 3.94. The van der Waals surface area contributed by atoms with E-state index in [0.29, 0.717) is 17.4 Å². The van der Waals surface area contributed by atoms with Crippen molar-refractivity contribution >= 4 is 17.5 Å². The molecule has 2 N–H and O–H groups in total. The summed E-state index contributed by atoms with van der Waals surface area (Å²) in [5.41, 5.74) is 1.08. The van der Waals surface area contributed by atoms with Gasteiger partial charge in [-0.2, -0.15) is 0 Å². The number of H-pyrrole nitrogens is 1. The summed E-state index contributed by atoms with van der Waals surface area (Å²) in [5.74, 6) is 0.509. The Hall–Kier alpha value is -1.88. The number of rotatable bonds is 4. The molecule has 2 aromatic rings. The SMILES string of the molecule is Cc1nc(C(=O)NCCc2cccc(Cl)c2)n[nH]1. The highest BCUT2D eigenvalue weighted by molar-refractivity contribution is 6.30. The van der Waals surface area contributed by atoms with E-state index in [0.717, 1.165) is 12.0 Å². The lowest BCUT2D eigenvalue weighted by molar-refractivity contribution is 0.0944. The maximum absolute atomic E-state index is 11.6. The quantitative estimate of drug-likeness (QED) is 0.884. The summed E-state index contributed by atoms with van der Waals surface area (Å²) in [7, 11) is 0. The second kappa shape index (κ2) is 5.64. The van der Waals surface area contributed by atoms with Crippen LogP contribution in [0.15, 0.2) is 24.3 Å². The molecule has 6 heteroatoms. The minimum absolute atomic E-state index is 0.165. The predicted molar refractivity (Wildman–Crippen MR) is 68.6 cm³/mol. The first-order valence-electron chi connectivity index (χ1n) is 5.57. The first-order valence-corrected chi connectivity index (χ1v) is 5.94. The Bertz CT molecular complexity index is 553. The Labute approximate surface area is 110 Å². The van der Waals surface area contributed by atoms with E-state index in [9.17, 15) is 4.79 Å². The Morgan fingerprint density at radius 3 is 3.00 bits per heavy atom. The van der Waals surface area contributed by atoms with E-state index < -0.39 is 0 Å². The molecule has 0 atom stereocenters. The number of aryl methyl sites for hydroxylation is 1. The molecule has 0 bridgehead atoms. The average molecular weight is 265 g/mol. The molecule has 2 rings (SSSR count). The van der Waals surface area contributed by atoms with Crippen LogP contribution in [0.3, 0.4) is 0 Å². The van der Waals surface area contributed by atoms with Crippen molar-refractivity contribution in [2.24, 2.45) is 0 Å². The highest BCUT2D eigenvalue weighted by Crippen LogP contribution is 2.10. The topological polar surface area (TPSA) is 70.7 Å². The van der Waals surface area contributed by atoms with Crippen LogP contribution in [0.4, 0.5) is 0 Å². The van der Waals surface area contributed by atoms with E-state index in [4.69, 9.17) is 11.6 Å². The fourth-order valence-electron chi connectivity index (χ4n) is 1.54. The van der Waals surface area contributed by atoms with Gasteiger partial charge in [-0.15, -0.1) is 5.10 Å². The van der Waals surface area contributed by atoms with Crippen molar-refractivity contribution in [3.05, 3.63) is 46.5 Å². The Balaban J connectivity index is 1.84. The predicted octanol–water partition coefficient (Wildman–Crippen LogP) is 1.74. The molecule has 0 saturated carbocycles. The van der Waals surface area contributed by atoms with Gasteiger partial charge in [0.15, 0.2) is 0 Å². The van der Waals surface area contributed by atoms with Crippen molar-refractivity contribution in [3.63, 3.8) is 0 Å². The number of amides is 1. The van der Waals surface area contributed by atoms with Crippen molar-refractivity contribution < 1.29 is 4.79 Å². The van der Waals surface area contributed by atoms with Gasteiger partial charge >= 0.3 is 0 Å². The van der Waals surface area contributed by atoms with Crippen molar-refractivity contribution in [1.29, 1.82) is 0 Å². The monoisotopic (exact) mass is 264 g/mol. The van der Waals surface area contributed by atoms with Crippen LogP contribution in [0.25, 0.3) is 0 Å². The first-order chi connectivity index (χ1) is 8.65. The number of carbonyl (C=O) groups is 1. The zero-order valence-corrected chi connectivity index (χ0v) is 10.7. The number of hydrogen-bond donors (Lipinski definition) is 2. The zero-order chi connectivity index (χ0) is 13.0. The van der Waals surface area contributed by atoms with Crippen LogP contribution in [-0.2, 0) is 6.42 Å². The lowest BCUT2D eigenvalue weighted by atomic mass is 10.1. The van der Waals surface area contributed by atoms with Gasteiger partial charge in [0.05, 0.1) is 0 Å². The van der Waals surface area contributed by atoms with Gasteiger partial charge < -0.3 is 5.32 Å². The first kappa shape index (κ1) is 12.6. The van der Waals surface area contributed by atoms with Crippen molar-refractivity contribution in [3.8, 4) is 0 Å². The van der Waals surface area contributed by atoms with E-state index in [1.165, 1.54) is 0 Å². The largest absolute Gasteiger partial charge is 0.349 e. The molecule has 0 radical (unpaired) electrons. The van der Waals surface area contributed by atoms with Crippen molar-refractivity contribution in [1.82, 2.24) is 20.5 Å². The van der Waals surface area contributed by atoms with E-state index >= 15 is 0 Å². The van der Waals surface area contributed by atoms with E-state index in [2.05, 4.69) is 20.5 Å². The molecule has 0 aliphatic rings. The van der Waals surface area contributed by atoms with Crippen LogP contribution in [-0.4, -0.2) is 27.6 Å². The number of hydrogen-bond acceptors (Lipinski definition) is 3. The molecule has 1 amide bonds. The number of aromatic amines is 1. The third-order valence-electron chi connectivity index (χ3n) is 2.39. The minimum atomic E-state index is -0.277. The number of nitrogens with zero attached hydrogens (tertiary/aromatic N) is 2. The highest BCUT2D eigenvalue weighted by atomic mass is 35.5. The molecule has 0 saturated heterocycles. The summed E-state index contributed by atoms with van der Waals surface area (Å²) in [5, 5.41) is 9.86. The van der Waals surface area contributed by atoms with Crippen LogP contribution < -0.4 is 5.32 Å². The molecule has 0 aliphatic heterocycles. The number of aromatic nitrogens is 3. The molecular weight excluding hydrogens is 252 g/mol. The summed E-state index contributed by atoms with van der Waals surface area (Å²) >= 11 is 5.87. The zero-order valence-electron chi connectivity index (χ0n) is 9.90. The van der Waals surface area contributed by atoms with Gasteiger partial charge in [0.2, 0.25) is 5.82 Å². The number of halogens is 1. The Morgan fingerprint density at radius 1 is 1.50 bits per heavy atom. The van der Waals surface area contributed by atoms with Crippen LogP contribution in [0, 0.1) is 6.92 Å². The lowest BCUT2D eigenvalue weighted by Crippen LogP contribution is -2.26. The second-order valence-corrected chi connectivity index (χ2v) is 4.32. The molecule has 0 fully saturated rings. The van der Waals surface area contributed by atoms with Gasteiger partial charge in [-0.05, 0) is 31.0 Å². The third kappa shape index (κ3) is 3.30. The summed E-state index contributed by atoms with van der Waals surface area (Å²) in [4.78, 5) is 15.6. The summed E-state index contributed by atoms with van der Waals surface area (Å²) in [6.07, 6.45) is 0.718. The van der Waals surface area contributed by atoms with Crippen LogP contribution in [0.5, 0.6) is 0 Å². The molecule has 1 heterocycles. The van der Waals surface area contributed by atoms with E-state index in [1.807, 2.05) is 24.3 Å². The molecule has 18 heavy (non-hydrogen) atoms. The molecule has 94 valence electrons. The molecular formula is C12H13ClN4O. The Morgan fingerprint density at radius 2 is 2.33 bits per heavy atom. The second-order valence-electron chi connectivity index (χ2n) is 3.88. The highest BCUT2D eigenvalue weighted by Gasteiger charge is 2.09.